The van der Waals surface area contributed by atoms with E-state index in [9.17, 15) is 18.0 Å². The van der Waals surface area contributed by atoms with E-state index in [1.165, 1.54) is 22.6 Å². The highest BCUT2D eigenvalue weighted by Crippen LogP contribution is 2.24. The van der Waals surface area contributed by atoms with E-state index < -0.39 is 10.0 Å². The summed E-state index contributed by atoms with van der Waals surface area (Å²) in [6, 6.07) is 3.33. The smallest absolute Gasteiger partial charge is 0.252 e. The molecule has 2 aliphatic rings. The van der Waals surface area contributed by atoms with Gasteiger partial charge in [-0.1, -0.05) is 6.07 Å². The van der Waals surface area contributed by atoms with Crippen molar-refractivity contribution in [1.82, 2.24) is 14.1 Å². The summed E-state index contributed by atoms with van der Waals surface area (Å²) in [4.78, 5) is 27.7. The molecule has 0 bridgehead atoms. The molecule has 2 fully saturated rings. The minimum absolute atomic E-state index is 0.00404. The lowest BCUT2D eigenvalue weighted by Crippen LogP contribution is -2.53. The normalized spacial score (nSPS) is 22.8. The van der Waals surface area contributed by atoms with Gasteiger partial charge < -0.3 is 9.80 Å². The van der Waals surface area contributed by atoms with Crippen molar-refractivity contribution in [3.05, 3.63) is 17.5 Å². The van der Waals surface area contributed by atoms with Crippen molar-refractivity contribution in [1.29, 1.82) is 0 Å². The van der Waals surface area contributed by atoms with Gasteiger partial charge in [0.25, 0.3) is 10.0 Å². The molecule has 2 amide bonds. The first-order chi connectivity index (χ1) is 11.9. The summed E-state index contributed by atoms with van der Waals surface area (Å²) >= 11 is 1.21. The van der Waals surface area contributed by atoms with Gasteiger partial charge in [0.15, 0.2) is 0 Å². The summed E-state index contributed by atoms with van der Waals surface area (Å²) in [5.41, 5.74) is 0. The van der Waals surface area contributed by atoms with Crippen molar-refractivity contribution in [2.75, 3.05) is 39.3 Å². The van der Waals surface area contributed by atoms with Gasteiger partial charge in [-0.3, -0.25) is 9.59 Å². The van der Waals surface area contributed by atoms with E-state index in [1.54, 1.807) is 27.3 Å². The topological polar surface area (TPSA) is 78.0 Å². The van der Waals surface area contributed by atoms with Crippen molar-refractivity contribution in [3.63, 3.8) is 0 Å². The van der Waals surface area contributed by atoms with Crippen molar-refractivity contribution >= 4 is 33.2 Å². The molecule has 3 heterocycles. The molecule has 0 saturated carbocycles. The Kier molecular flexibility index (Phi) is 5.45. The predicted octanol–water partition coefficient (Wildman–Crippen LogP) is 0.840. The summed E-state index contributed by atoms with van der Waals surface area (Å²) < 4.78 is 26.9. The standard InChI is InChI=1S/C16H23N3O4S2/c1-13(20)18-6-2-4-14(12-18)16(21)17-7-9-19(10-8-17)25(22,23)15-5-3-11-24-15/h3,5,11,14H,2,4,6-10,12H2,1H3/t14-/m1/s1. The van der Waals surface area contributed by atoms with Gasteiger partial charge in [0.05, 0.1) is 5.92 Å². The molecular weight excluding hydrogens is 362 g/mol. The van der Waals surface area contributed by atoms with Crippen molar-refractivity contribution in [2.24, 2.45) is 5.92 Å². The molecule has 0 aromatic carbocycles. The number of carbonyl (C=O) groups is 2. The number of hydrogen-bond acceptors (Lipinski definition) is 5. The van der Waals surface area contributed by atoms with E-state index >= 15 is 0 Å². The summed E-state index contributed by atoms with van der Waals surface area (Å²) in [6.07, 6.45) is 1.62. The zero-order chi connectivity index (χ0) is 18.0. The minimum Gasteiger partial charge on any atom is -0.342 e. The molecule has 0 unspecified atom stereocenters. The molecule has 1 aromatic heterocycles. The van der Waals surface area contributed by atoms with Gasteiger partial charge in [0.2, 0.25) is 11.8 Å². The number of rotatable bonds is 3. The second-order valence-corrected chi connectivity index (χ2v) is 9.58. The second kappa shape index (κ2) is 7.43. The van der Waals surface area contributed by atoms with Gasteiger partial charge in [0.1, 0.15) is 4.21 Å². The Balaban J connectivity index is 1.59. The number of piperazine rings is 1. The van der Waals surface area contributed by atoms with Gasteiger partial charge in [-0.25, -0.2) is 8.42 Å². The van der Waals surface area contributed by atoms with Crippen LogP contribution in [0.4, 0.5) is 0 Å². The van der Waals surface area contributed by atoms with Crippen LogP contribution in [0.1, 0.15) is 19.8 Å². The van der Waals surface area contributed by atoms with Crippen LogP contribution in [0.15, 0.2) is 21.7 Å². The summed E-state index contributed by atoms with van der Waals surface area (Å²) in [6.45, 7) is 4.15. The average Bonchev–Trinajstić information content (AvgIpc) is 3.17. The maximum absolute atomic E-state index is 12.7. The molecule has 3 rings (SSSR count). The Morgan fingerprint density at radius 1 is 1.12 bits per heavy atom. The van der Waals surface area contributed by atoms with Crippen LogP contribution in [-0.4, -0.2) is 73.6 Å². The zero-order valence-corrected chi connectivity index (χ0v) is 15.9. The third kappa shape index (κ3) is 3.88. The fraction of sp³-hybridized carbons (Fsp3) is 0.625. The molecule has 0 aliphatic carbocycles. The summed E-state index contributed by atoms with van der Waals surface area (Å²) in [5.74, 6) is -0.124. The molecule has 138 valence electrons. The van der Waals surface area contributed by atoms with E-state index in [1.807, 2.05) is 0 Å². The number of piperidine rings is 1. The van der Waals surface area contributed by atoms with Crippen molar-refractivity contribution in [3.8, 4) is 0 Å². The van der Waals surface area contributed by atoms with E-state index in [4.69, 9.17) is 0 Å². The highest BCUT2D eigenvalue weighted by atomic mass is 32.2. The third-order valence-electron chi connectivity index (χ3n) is 4.86. The Morgan fingerprint density at radius 3 is 2.44 bits per heavy atom. The first-order valence-corrected chi connectivity index (χ1v) is 10.8. The quantitative estimate of drug-likeness (QED) is 0.772. The molecule has 25 heavy (non-hydrogen) atoms. The van der Waals surface area contributed by atoms with Gasteiger partial charge in [-0.2, -0.15) is 4.31 Å². The fourth-order valence-corrected chi connectivity index (χ4v) is 5.98. The zero-order valence-electron chi connectivity index (χ0n) is 14.3. The van der Waals surface area contributed by atoms with Gasteiger partial charge in [-0.15, -0.1) is 11.3 Å². The van der Waals surface area contributed by atoms with Crippen LogP contribution in [0.2, 0.25) is 0 Å². The van der Waals surface area contributed by atoms with Crippen LogP contribution in [0.5, 0.6) is 0 Å². The lowest BCUT2D eigenvalue weighted by Gasteiger charge is -2.38. The van der Waals surface area contributed by atoms with Gasteiger partial charge in [0, 0.05) is 46.2 Å². The largest absolute Gasteiger partial charge is 0.342 e. The van der Waals surface area contributed by atoms with E-state index in [0.29, 0.717) is 43.5 Å². The maximum Gasteiger partial charge on any atom is 0.252 e. The van der Waals surface area contributed by atoms with Gasteiger partial charge in [-0.05, 0) is 24.3 Å². The van der Waals surface area contributed by atoms with Crippen LogP contribution >= 0.6 is 11.3 Å². The third-order valence-corrected chi connectivity index (χ3v) is 8.13. The molecular formula is C16H23N3O4S2. The van der Waals surface area contributed by atoms with Crippen LogP contribution in [-0.2, 0) is 19.6 Å². The van der Waals surface area contributed by atoms with Gasteiger partial charge >= 0.3 is 0 Å². The predicted molar refractivity (Wildman–Crippen MR) is 94.6 cm³/mol. The van der Waals surface area contributed by atoms with Crippen LogP contribution in [0.25, 0.3) is 0 Å². The van der Waals surface area contributed by atoms with E-state index in [2.05, 4.69) is 0 Å². The van der Waals surface area contributed by atoms with E-state index in [-0.39, 0.29) is 17.7 Å². The molecule has 0 spiro atoms. The molecule has 0 radical (unpaired) electrons. The Hall–Kier alpha value is -1.45. The number of nitrogens with zero attached hydrogens (tertiary/aromatic N) is 3. The molecule has 1 atom stereocenters. The Labute approximate surface area is 152 Å². The number of thiophene rings is 1. The van der Waals surface area contributed by atoms with Crippen molar-refractivity contribution in [2.45, 2.75) is 24.0 Å². The average molecular weight is 386 g/mol. The SMILES string of the molecule is CC(=O)N1CCC[C@@H](C(=O)N2CCN(S(=O)(=O)c3cccs3)CC2)C1. The molecule has 1 aromatic rings. The number of amides is 2. The molecule has 0 N–H and O–H groups in total. The molecule has 9 heteroatoms. The number of sulfonamides is 1. The Morgan fingerprint density at radius 2 is 1.84 bits per heavy atom. The van der Waals surface area contributed by atoms with Crippen LogP contribution < -0.4 is 0 Å². The van der Waals surface area contributed by atoms with Crippen molar-refractivity contribution < 1.29 is 18.0 Å². The summed E-state index contributed by atoms with van der Waals surface area (Å²) in [7, 11) is -3.45. The lowest BCUT2D eigenvalue weighted by atomic mass is 9.96. The monoisotopic (exact) mass is 385 g/mol. The first kappa shape index (κ1) is 18.3. The number of hydrogen-bond donors (Lipinski definition) is 0. The minimum atomic E-state index is -3.45. The Bertz CT molecular complexity index is 725. The molecule has 7 nitrogen and oxygen atoms in total. The lowest BCUT2D eigenvalue weighted by molar-refractivity contribution is -0.141. The summed E-state index contributed by atoms with van der Waals surface area (Å²) in [5, 5.41) is 1.75. The van der Waals surface area contributed by atoms with Crippen LogP contribution in [0.3, 0.4) is 0 Å². The fourth-order valence-electron chi connectivity index (χ4n) is 3.41. The van der Waals surface area contributed by atoms with E-state index in [0.717, 1.165) is 12.8 Å². The van der Waals surface area contributed by atoms with Crippen LogP contribution in [0, 0.1) is 5.92 Å². The highest BCUT2D eigenvalue weighted by molar-refractivity contribution is 7.91. The highest BCUT2D eigenvalue weighted by Gasteiger charge is 2.34. The number of likely N-dealkylation sites (tertiary alicyclic amines) is 1. The molecule has 2 aliphatic heterocycles. The number of carbonyl (C=O) groups excluding carboxylic acids is 2. The second-order valence-electron chi connectivity index (χ2n) is 6.47. The molecule has 2 saturated heterocycles. The maximum atomic E-state index is 12.7. The first-order valence-electron chi connectivity index (χ1n) is 8.47.